The topological polar surface area (TPSA) is 155 Å². The van der Waals surface area contributed by atoms with Crippen LogP contribution in [0, 0.1) is 0 Å². The number of unbranched alkanes of at least 4 members (excludes halogenated alkanes) is 28. The van der Waals surface area contributed by atoms with Crippen LogP contribution in [0.2, 0.25) is 0 Å². The molecule has 0 saturated heterocycles. The predicted octanol–water partition coefficient (Wildman–Crippen LogP) is 18.5. The summed E-state index contributed by atoms with van der Waals surface area (Å²) in [5, 5.41) is 9.82. The third-order valence-corrected chi connectivity index (χ3v) is 14.0. The van der Waals surface area contributed by atoms with Gasteiger partial charge in [0.05, 0.1) is 19.8 Å². The fraction of sp³-hybridized carbons (Fsp3) is 0.766. The summed E-state index contributed by atoms with van der Waals surface area (Å²) in [6, 6.07) is 0. The third kappa shape index (κ3) is 55.7. The molecule has 76 heavy (non-hydrogen) atoms. The van der Waals surface area contributed by atoms with E-state index in [2.05, 4.69) is 93.7 Å². The molecule has 0 rings (SSSR count). The number of hydrogen-bond acceptors (Lipinski definition) is 10. The lowest BCUT2D eigenvalue weighted by atomic mass is 10.1. The quantitative estimate of drug-likeness (QED) is 0.0197. The van der Waals surface area contributed by atoms with E-state index in [9.17, 15) is 28.9 Å². The largest absolute Gasteiger partial charge is 0.472 e. The van der Waals surface area contributed by atoms with Gasteiger partial charge in [-0.25, -0.2) is 4.57 Å². The number of carbonyl (C=O) groups excluding carboxylic acids is 3. The average molecular weight is 1090 g/mol. The number of esters is 3. The Balaban J connectivity index is 4.72. The van der Waals surface area contributed by atoms with Gasteiger partial charge in [-0.05, 0) is 103 Å². The first-order chi connectivity index (χ1) is 37.2. The summed E-state index contributed by atoms with van der Waals surface area (Å²) in [5.74, 6) is -1.48. The van der Waals surface area contributed by atoms with E-state index in [1.54, 1.807) is 0 Å². The van der Waals surface area contributed by atoms with Crippen molar-refractivity contribution in [3.63, 3.8) is 0 Å². The molecular formula is C64H113O11P. The number of aliphatic hydroxyl groups excluding tert-OH is 1. The molecule has 12 heteroatoms. The Morgan fingerprint density at radius 2 is 0.711 bits per heavy atom. The van der Waals surface area contributed by atoms with Crippen molar-refractivity contribution in [3.8, 4) is 0 Å². The van der Waals surface area contributed by atoms with Crippen LogP contribution in [0.4, 0.5) is 0 Å². The third-order valence-electron chi connectivity index (χ3n) is 13.1. The van der Waals surface area contributed by atoms with Crippen LogP contribution in [0.1, 0.15) is 278 Å². The van der Waals surface area contributed by atoms with E-state index in [4.69, 9.17) is 23.3 Å². The van der Waals surface area contributed by atoms with Crippen molar-refractivity contribution in [2.45, 2.75) is 290 Å². The highest BCUT2D eigenvalue weighted by molar-refractivity contribution is 7.47. The van der Waals surface area contributed by atoms with Crippen LogP contribution in [0.15, 0.2) is 72.9 Å². The van der Waals surface area contributed by atoms with Crippen LogP contribution in [0.25, 0.3) is 0 Å². The summed E-state index contributed by atoms with van der Waals surface area (Å²) in [5.41, 5.74) is 0. The standard InChI is InChI=1S/C64H113O11P/c1-4-7-10-13-16-19-22-25-27-29-30-32-33-36-38-41-44-47-50-53-62(66)71-57-61(75-64(68)55-52-49-46-43-40-37-34-31-28-26-23-20-17-14-11-8-5-2)59-73-76(69,70)72-58-60(56-65)74-63(67)54-51-48-45-42-39-35-24-21-18-15-12-9-6-3/h8,11-12,15,17,20-21,24-28,60-61,65H,4-7,9-10,13-14,16,18-19,22-23,29-59H2,1-3H3,(H,69,70)/b11-8-,15-12-,20-17-,24-21-,27-25-,28-26-. The molecular weight excluding hydrogens is 976 g/mol. The zero-order valence-electron chi connectivity index (χ0n) is 48.7. The minimum absolute atomic E-state index is 0.154. The van der Waals surface area contributed by atoms with Crippen molar-refractivity contribution in [3.05, 3.63) is 72.9 Å². The smallest absolute Gasteiger partial charge is 0.462 e. The van der Waals surface area contributed by atoms with E-state index in [1.807, 2.05) is 0 Å². The molecule has 0 aromatic carbocycles. The van der Waals surface area contributed by atoms with Crippen LogP contribution < -0.4 is 0 Å². The SMILES string of the molecule is CC/C=C\C/C=C\C/C=C\CCCCCCCCCC(=O)OC(COC(=O)CCCCCCCCCCC/C=C\CCCCCCCC)COP(=O)(O)OCC(CO)OC(=O)CCCCCCC/C=C\C/C=C\CCC. The fourth-order valence-corrected chi connectivity index (χ4v) is 9.19. The molecule has 0 spiro atoms. The van der Waals surface area contributed by atoms with Crippen molar-refractivity contribution in [2.24, 2.45) is 0 Å². The summed E-state index contributed by atoms with van der Waals surface area (Å²) >= 11 is 0. The van der Waals surface area contributed by atoms with Gasteiger partial charge >= 0.3 is 25.7 Å². The second-order valence-corrected chi connectivity index (χ2v) is 21.9. The van der Waals surface area contributed by atoms with E-state index in [1.165, 1.54) is 96.3 Å². The highest BCUT2D eigenvalue weighted by Crippen LogP contribution is 2.43. The summed E-state index contributed by atoms with van der Waals surface area (Å²) in [6.07, 6.45) is 65.7. The summed E-state index contributed by atoms with van der Waals surface area (Å²) in [6.45, 7) is 4.46. The highest BCUT2D eigenvalue weighted by Gasteiger charge is 2.28. The zero-order chi connectivity index (χ0) is 55.5. The van der Waals surface area contributed by atoms with Gasteiger partial charge in [-0.3, -0.25) is 23.4 Å². The fourth-order valence-electron chi connectivity index (χ4n) is 8.40. The van der Waals surface area contributed by atoms with E-state index in [-0.39, 0.29) is 25.9 Å². The molecule has 11 nitrogen and oxygen atoms in total. The maximum absolute atomic E-state index is 12.9. The van der Waals surface area contributed by atoms with Gasteiger partial charge in [-0.15, -0.1) is 0 Å². The Labute approximate surface area is 465 Å². The van der Waals surface area contributed by atoms with Gasteiger partial charge in [-0.2, -0.15) is 0 Å². The lowest BCUT2D eigenvalue weighted by molar-refractivity contribution is -0.161. The van der Waals surface area contributed by atoms with Gasteiger partial charge in [0.2, 0.25) is 0 Å². The number of hydrogen-bond donors (Lipinski definition) is 2. The number of allylic oxidation sites excluding steroid dienone is 12. The zero-order valence-corrected chi connectivity index (χ0v) is 49.6. The van der Waals surface area contributed by atoms with Gasteiger partial charge < -0.3 is 24.2 Å². The van der Waals surface area contributed by atoms with Crippen LogP contribution >= 0.6 is 7.82 Å². The number of aliphatic hydroxyl groups is 1. The summed E-state index contributed by atoms with van der Waals surface area (Å²) in [4.78, 5) is 48.7. The number of carbonyl (C=O) groups is 3. The van der Waals surface area contributed by atoms with Crippen molar-refractivity contribution >= 4 is 25.7 Å². The van der Waals surface area contributed by atoms with Crippen molar-refractivity contribution in [2.75, 3.05) is 26.4 Å². The Bertz CT molecular complexity index is 1550. The van der Waals surface area contributed by atoms with Gasteiger partial charge in [0, 0.05) is 19.3 Å². The molecule has 0 saturated carbocycles. The molecule has 0 aliphatic carbocycles. The van der Waals surface area contributed by atoms with Gasteiger partial charge in [0.1, 0.15) is 12.7 Å². The Hall–Kier alpha value is -3.08. The minimum atomic E-state index is -4.76. The Morgan fingerprint density at radius 1 is 0.382 bits per heavy atom. The molecule has 0 fully saturated rings. The lowest BCUT2D eigenvalue weighted by Crippen LogP contribution is -2.30. The van der Waals surface area contributed by atoms with Gasteiger partial charge in [0.25, 0.3) is 0 Å². The molecule has 0 bridgehead atoms. The molecule has 0 radical (unpaired) electrons. The molecule has 0 aromatic rings. The first-order valence-corrected chi connectivity index (χ1v) is 32.3. The van der Waals surface area contributed by atoms with E-state index >= 15 is 0 Å². The first kappa shape index (κ1) is 72.9. The molecule has 3 atom stereocenters. The number of phosphoric acid groups is 1. The average Bonchev–Trinajstić information content (AvgIpc) is 3.41. The van der Waals surface area contributed by atoms with Crippen LogP contribution in [0.3, 0.4) is 0 Å². The molecule has 0 aliphatic heterocycles. The van der Waals surface area contributed by atoms with E-state index in [0.29, 0.717) is 19.3 Å². The van der Waals surface area contributed by atoms with Crippen LogP contribution in [-0.4, -0.2) is 66.5 Å². The molecule has 0 aliphatic rings. The first-order valence-electron chi connectivity index (χ1n) is 30.8. The van der Waals surface area contributed by atoms with Gasteiger partial charge in [0.15, 0.2) is 6.10 Å². The van der Waals surface area contributed by atoms with Gasteiger partial charge in [-0.1, -0.05) is 229 Å². The molecule has 2 N–H and O–H groups in total. The normalized spacial score (nSPS) is 13.8. The van der Waals surface area contributed by atoms with E-state index in [0.717, 1.165) is 122 Å². The second-order valence-electron chi connectivity index (χ2n) is 20.5. The van der Waals surface area contributed by atoms with Crippen LogP contribution in [0.5, 0.6) is 0 Å². The maximum Gasteiger partial charge on any atom is 0.472 e. The van der Waals surface area contributed by atoms with Crippen molar-refractivity contribution in [1.29, 1.82) is 0 Å². The number of rotatable bonds is 57. The monoisotopic (exact) mass is 1090 g/mol. The molecule has 3 unspecified atom stereocenters. The van der Waals surface area contributed by atoms with Crippen molar-refractivity contribution in [1.82, 2.24) is 0 Å². The molecule has 0 aromatic heterocycles. The lowest BCUT2D eigenvalue weighted by Gasteiger charge is -2.21. The molecule has 0 amide bonds. The Morgan fingerprint density at radius 3 is 1.12 bits per heavy atom. The Kier molecular flexibility index (Phi) is 55.7. The maximum atomic E-state index is 12.9. The molecule has 440 valence electrons. The highest BCUT2D eigenvalue weighted by atomic mass is 31.2. The predicted molar refractivity (Wildman–Crippen MR) is 316 cm³/mol. The molecule has 0 heterocycles. The number of ether oxygens (including phenoxy) is 3. The van der Waals surface area contributed by atoms with Crippen molar-refractivity contribution < 1.29 is 52.2 Å². The number of phosphoric ester groups is 1. The van der Waals surface area contributed by atoms with E-state index < -0.39 is 57.8 Å². The minimum Gasteiger partial charge on any atom is -0.462 e. The second kappa shape index (κ2) is 58.1. The van der Waals surface area contributed by atoms with Crippen LogP contribution in [-0.2, 0) is 42.2 Å². The summed E-state index contributed by atoms with van der Waals surface area (Å²) in [7, 11) is -4.76. The summed E-state index contributed by atoms with van der Waals surface area (Å²) < 4.78 is 39.6.